The van der Waals surface area contributed by atoms with E-state index in [0.717, 1.165) is 18.9 Å². The summed E-state index contributed by atoms with van der Waals surface area (Å²) in [5.41, 5.74) is 1.28. The van der Waals surface area contributed by atoms with Crippen molar-refractivity contribution in [2.24, 2.45) is 0 Å². The summed E-state index contributed by atoms with van der Waals surface area (Å²) in [5, 5.41) is 5.18. The molecule has 3 nitrogen and oxygen atoms in total. The first-order valence-corrected chi connectivity index (χ1v) is 6.49. The maximum absolute atomic E-state index is 4.21. The monoisotopic (exact) mass is 247 g/mol. The van der Waals surface area contributed by atoms with Crippen molar-refractivity contribution >= 4 is 17.2 Å². The van der Waals surface area contributed by atoms with Crippen molar-refractivity contribution in [1.82, 2.24) is 9.88 Å². The van der Waals surface area contributed by atoms with Crippen LogP contribution in [0.15, 0.2) is 35.8 Å². The van der Waals surface area contributed by atoms with Crippen molar-refractivity contribution in [2.75, 3.05) is 19.4 Å². The van der Waals surface area contributed by atoms with Crippen LogP contribution in [0.4, 0.5) is 5.82 Å². The van der Waals surface area contributed by atoms with Crippen LogP contribution in [0, 0.1) is 0 Å². The van der Waals surface area contributed by atoms with Crippen LogP contribution in [-0.2, 0) is 13.1 Å². The SMILES string of the molecule is CNc1cc(CN(C)Cc2cccs2)ccn1. The van der Waals surface area contributed by atoms with E-state index in [-0.39, 0.29) is 0 Å². The number of thiophene rings is 1. The maximum atomic E-state index is 4.21. The molecule has 0 aliphatic heterocycles. The van der Waals surface area contributed by atoms with Gasteiger partial charge in [0.1, 0.15) is 5.82 Å². The summed E-state index contributed by atoms with van der Waals surface area (Å²) in [6.45, 7) is 1.93. The molecular formula is C13H17N3S. The van der Waals surface area contributed by atoms with Gasteiger partial charge in [0.2, 0.25) is 0 Å². The summed E-state index contributed by atoms with van der Waals surface area (Å²) < 4.78 is 0. The minimum absolute atomic E-state index is 0.923. The van der Waals surface area contributed by atoms with Gasteiger partial charge in [-0.2, -0.15) is 0 Å². The van der Waals surface area contributed by atoms with Gasteiger partial charge in [0, 0.05) is 31.2 Å². The number of hydrogen-bond donors (Lipinski definition) is 1. The standard InChI is InChI=1S/C13H17N3S/c1-14-13-8-11(5-6-15-13)9-16(2)10-12-4-3-7-17-12/h3-8H,9-10H2,1-2H3,(H,14,15). The van der Waals surface area contributed by atoms with E-state index in [9.17, 15) is 0 Å². The predicted octanol–water partition coefficient (Wildman–Crippen LogP) is 2.82. The van der Waals surface area contributed by atoms with E-state index in [1.165, 1.54) is 10.4 Å². The Morgan fingerprint density at radius 3 is 2.94 bits per heavy atom. The summed E-state index contributed by atoms with van der Waals surface area (Å²) >= 11 is 1.80. The number of nitrogens with zero attached hydrogens (tertiary/aromatic N) is 2. The van der Waals surface area contributed by atoms with Gasteiger partial charge in [-0.3, -0.25) is 4.90 Å². The van der Waals surface area contributed by atoms with E-state index < -0.39 is 0 Å². The Morgan fingerprint density at radius 2 is 2.24 bits per heavy atom. The fourth-order valence-corrected chi connectivity index (χ4v) is 2.53. The van der Waals surface area contributed by atoms with E-state index in [4.69, 9.17) is 0 Å². The second-order valence-corrected chi connectivity index (χ2v) is 5.08. The molecule has 2 aromatic rings. The van der Waals surface area contributed by atoms with Crippen LogP contribution in [0.1, 0.15) is 10.4 Å². The molecule has 0 aromatic carbocycles. The molecule has 17 heavy (non-hydrogen) atoms. The Bertz CT molecular complexity index is 453. The van der Waals surface area contributed by atoms with Crippen molar-refractivity contribution in [3.05, 3.63) is 46.3 Å². The highest BCUT2D eigenvalue weighted by Crippen LogP contribution is 2.13. The van der Waals surface area contributed by atoms with Gasteiger partial charge < -0.3 is 5.32 Å². The van der Waals surface area contributed by atoms with Gasteiger partial charge >= 0.3 is 0 Å². The molecule has 90 valence electrons. The van der Waals surface area contributed by atoms with Gasteiger partial charge in [-0.1, -0.05) is 6.07 Å². The smallest absolute Gasteiger partial charge is 0.125 e. The average Bonchev–Trinajstić information content (AvgIpc) is 2.82. The van der Waals surface area contributed by atoms with Crippen molar-refractivity contribution in [3.8, 4) is 0 Å². The molecule has 0 aliphatic rings. The molecule has 1 N–H and O–H groups in total. The molecule has 2 heterocycles. The highest BCUT2D eigenvalue weighted by atomic mass is 32.1. The van der Waals surface area contributed by atoms with Gasteiger partial charge in [0.15, 0.2) is 0 Å². The molecule has 0 saturated heterocycles. The number of hydrogen-bond acceptors (Lipinski definition) is 4. The van der Waals surface area contributed by atoms with E-state index in [0.29, 0.717) is 0 Å². The van der Waals surface area contributed by atoms with E-state index in [1.807, 2.05) is 13.2 Å². The number of pyridine rings is 1. The van der Waals surface area contributed by atoms with Crippen molar-refractivity contribution in [2.45, 2.75) is 13.1 Å². The van der Waals surface area contributed by atoms with E-state index in [1.54, 1.807) is 11.3 Å². The zero-order valence-electron chi connectivity index (χ0n) is 10.2. The Morgan fingerprint density at radius 1 is 1.35 bits per heavy atom. The topological polar surface area (TPSA) is 28.2 Å². The number of aromatic nitrogens is 1. The Hall–Kier alpha value is -1.39. The van der Waals surface area contributed by atoms with Crippen LogP contribution < -0.4 is 5.32 Å². The second kappa shape index (κ2) is 5.80. The lowest BCUT2D eigenvalue weighted by molar-refractivity contribution is 0.322. The average molecular weight is 247 g/mol. The predicted molar refractivity (Wildman–Crippen MR) is 73.3 cm³/mol. The van der Waals surface area contributed by atoms with Crippen LogP contribution in [0.3, 0.4) is 0 Å². The molecule has 0 bridgehead atoms. The van der Waals surface area contributed by atoms with Crippen LogP contribution >= 0.6 is 11.3 Å². The summed E-state index contributed by atoms with van der Waals surface area (Å²) in [7, 11) is 4.03. The van der Waals surface area contributed by atoms with Gasteiger partial charge in [0.05, 0.1) is 0 Å². The molecule has 0 fully saturated rings. The molecule has 4 heteroatoms. The van der Waals surface area contributed by atoms with Crippen LogP contribution in [0.5, 0.6) is 0 Å². The lowest BCUT2D eigenvalue weighted by atomic mass is 10.2. The van der Waals surface area contributed by atoms with E-state index >= 15 is 0 Å². The molecule has 0 saturated carbocycles. The minimum Gasteiger partial charge on any atom is -0.373 e. The number of rotatable bonds is 5. The van der Waals surface area contributed by atoms with Crippen molar-refractivity contribution in [1.29, 1.82) is 0 Å². The third-order valence-corrected chi connectivity index (χ3v) is 3.40. The normalized spacial score (nSPS) is 10.8. The second-order valence-electron chi connectivity index (χ2n) is 4.05. The molecule has 0 radical (unpaired) electrons. The molecule has 2 rings (SSSR count). The third-order valence-electron chi connectivity index (χ3n) is 2.54. The van der Waals surface area contributed by atoms with Crippen LogP contribution in [-0.4, -0.2) is 24.0 Å². The Balaban J connectivity index is 1.95. The lowest BCUT2D eigenvalue weighted by Gasteiger charge is -2.15. The largest absolute Gasteiger partial charge is 0.373 e. The molecule has 2 aromatic heterocycles. The van der Waals surface area contributed by atoms with Crippen LogP contribution in [0.25, 0.3) is 0 Å². The van der Waals surface area contributed by atoms with Crippen molar-refractivity contribution in [3.63, 3.8) is 0 Å². The molecule has 0 unspecified atom stereocenters. The first-order valence-electron chi connectivity index (χ1n) is 5.61. The van der Waals surface area contributed by atoms with Crippen LogP contribution in [0.2, 0.25) is 0 Å². The van der Waals surface area contributed by atoms with Gasteiger partial charge in [-0.15, -0.1) is 11.3 Å². The fourth-order valence-electron chi connectivity index (χ4n) is 1.75. The van der Waals surface area contributed by atoms with E-state index in [2.05, 4.69) is 51.9 Å². The molecule has 0 atom stereocenters. The quantitative estimate of drug-likeness (QED) is 0.880. The maximum Gasteiger partial charge on any atom is 0.125 e. The zero-order chi connectivity index (χ0) is 12.1. The highest BCUT2D eigenvalue weighted by Gasteiger charge is 2.03. The minimum atomic E-state index is 0.923. The lowest BCUT2D eigenvalue weighted by Crippen LogP contribution is -2.16. The molecule has 0 spiro atoms. The Labute approximate surface area is 106 Å². The van der Waals surface area contributed by atoms with Gasteiger partial charge in [0.25, 0.3) is 0 Å². The third kappa shape index (κ3) is 3.54. The zero-order valence-corrected chi connectivity index (χ0v) is 11.0. The Kier molecular flexibility index (Phi) is 4.12. The number of nitrogens with one attached hydrogen (secondary N) is 1. The molecular weight excluding hydrogens is 230 g/mol. The fraction of sp³-hybridized carbons (Fsp3) is 0.308. The van der Waals surface area contributed by atoms with Gasteiger partial charge in [-0.05, 0) is 36.2 Å². The highest BCUT2D eigenvalue weighted by molar-refractivity contribution is 7.09. The first kappa shape index (κ1) is 12.1. The van der Waals surface area contributed by atoms with Crippen molar-refractivity contribution < 1.29 is 0 Å². The summed E-state index contributed by atoms with van der Waals surface area (Å²) in [6, 6.07) is 8.42. The number of anilines is 1. The van der Waals surface area contributed by atoms with Gasteiger partial charge in [-0.25, -0.2) is 4.98 Å². The summed E-state index contributed by atoms with van der Waals surface area (Å²) in [6.07, 6.45) is 1.85. The summed E-state index contributed by atoms with van der Waals surface area (Å²) in [4.78, 5) is 7.92. The summed E-state index contributed by atoms with van der Waals surface area (Å²) in [5.74, 6) is 0.923. The molecule has 0 amide bonds. The molecule has 0 aliphatic carbocycles. The first-order chi connectivity index (χ1) is 8.28.